The van der Waals surface area contributed by atoms with E-state index in [0.717, 1.165) is 11.1 Å². The molecule has 0 aliphatic rings. The average molecular weight is 387 g/mol. The van der Waals surface area contributed by atoms with Gasteiger partial charge in [0.05, 0.1) is 10.0 Å². The fourth-order valence-corrected chi connectivity index (χ4v) is 3.22. The number of hydrogen-bond donors (Lipinski definition) is 2. The van der Waals surface area contributed by atoms with Crippen molar-refractivity contribution < 1.29 is 5.11 Å². The topological polar surface area (TPSA) is 36.0 Å². The second-order valence-electron chi connectivity index (χ2n) is 5.02. The Labute approximate surface area is 153 Å². The molecular formula is C17H11Cl4NO. The van der Waals surface area contributed by atoms with Crippen LogP contribution < -0.4 is 0 Å². The van der Waals surface area contributed by atoms with Gasteiger partial charge in [0.15, 0.2) is 0 Å². The molecule has 3 rings (SSSR count). The first-order valence-electron chi connectivity index (χ1n) is 6.72. The predicted octanol–water partition coefficient (Wildman–Crippen LogP) is 6.38. The van der Waals surface area contributed by atoms with Crippen molar-refractivity contribution in [3.63, 3.8) is 0 Å². The van der Waals surface area contributed by atoms with Crippen molar-refractivity contribution in [1.82, 2.24) is 4.98 Å². The maximum atomic E-state index is 10.7. The van der Waals surface area contributed by atoms with Gasteiger partial charge in [0, 0.05) is 39.1 Å². The molecule has 0 radical (unpaired) electrons. The number of aromatic amines is 1. The van der Waals surface area contributed by atoms with Crippen LogP contribution in [0.25, 0.3) is 11.1 Å². The smallest absolute Gasteiger partial charge is 0.106 e. The number of nitrogens with one attached hydrogen (secondary N) is 1. The number of aliphatic hydroxyl groups is 1. The van der Waals surface area contributed by atoms with Gasteiger partial charge in [0.25, 0.3) is 0 Å². The first-order valence-corrected chi connectivity index (χ1v) is 8.23. The van der Waals surface area contributed by atoms with E-state index < -0.39 is 6.10 Å². The lowest BCUT2D eigenvalue weighted by molar-refractivity contribution is 0.221. The van der Waals surface area contributed by atoms with E-state index in [1.807, 2.05) is 6.07 Å². The van der Waals surface area contributed by atoms with Crippen molar-refractivity contribution in [3.05, 3.63) is 80.0 Å². The number of aromatic nitrogens is 1. The minimum Gasteiger partial charge on any atom is -0.384 e. The monoisotopic (exact) mass is 385 g/mol. The minimum atomic E-state index is -0.863. The van der Waals surface area contributed by atoms with E-state index in [2.05, 4.69) is 4.98 Å². The standard InChI is InChI=1S/C17H11Cl4NO/c18-10-2-3-11(15(20)6-10)12-7-22-8-13(12)17(23)9-1-4-14(19)16(21)5-9/h1-8,17,22-23H/t17-/m1/s1. The van der Waals surface area contributed by atoms with Crippen LogP contribution in [0, 0.1) is 0 Å². The van der Waals surface area contributed by atoms with Crippen molar-refractivity contribution in [1.29, 1.82) is 0 Å². The first kappa shape index (κ1) is 16.7. The Kier molecular flexibility index (Phi) is 4.90. The highest BCUT2D eigenvalue weighted by Crippen LogP contribution is 2.37. The molecule has 0 spiro atoms. The molecule has 118 valence electrons. The van der Waals surface area contributed by atoms with E-state index in [1.54, 1.807) is 42.7 Å². The van der Waals surface area contributed by atoms with Gasteiger partial charge in [0.2, 0.25) is 0 Å². The van der Waals surface area contributed by atoms with Crippen LogP contribution in [-0.4, -0.2) is 10.1 Å². The van der Waals surface area contributed by atoms with E-state index in [0.29, 0.717) is 31.2 Å². The Hall–Kier alpha value is -1.16. The second-order valence-corrected chi connectivity index (χ2v) is 6.68. The summed E-state index contributed by atoms with van der Waals surface area (Å²) >= 11 is 24.2. The average Bonchev–Trinajstić information content (AvgIpc) is 2.98. The normalized spacial score (nSPS) is 12.4. The highest BCUT2D eigenvalue weighted by atomic mass is 35.5. The lowest BCUT2D eigenvalue weighted by atomic mass is 9.97. The van der Waals surface area contributed by atoms with Crippen molar-refractivity contribution in [2.45, 2.75) is 6.10 Å². The van der Waals surface area contributed by atoms with E-state index in [-0.39, 0.29) is 0 Å². The fraction of sp³-hybridized carbons (Fsp3) is 0.0588. The maximum absolute atomic E-state index is 10.7. The van der Waals surface area contributed by atoms with Gasteiger partial charge in [-0.25, -0.2) is 0 Å². The number of aliphatic hydroxyl groups excluding tert-OH is 1. The van der Waals surface area contributed by atoms with Gasteiger partial charge in [-0.05, 0) is 29.8 Å². The van der Waals surface area contributed by atoms with Crippen molar-refractivity contribution >= 4 is 46.4 Å². The second kappa shape index (κ2) is 6.76. The zero-order valence-corrected chi connectivity index (χ0v) is 14.7. The van der Waals surface area contributed by atoms with Crippen LogP contribution in [0.15, 0.2) is 48.8 Å². The molecule has 2 aromatic carbocycles. The van der Waals surface area contributed by atoms with Gasteiger partial charge >= 0.3 is 0 Å². The fourth-order valence-electron chi connectivity index (χ4n) is 2.41. The summed E-state index contributed by atoms with van der Waals surface area (Å²) in [5.74, 6) is 0. The quantitative estimate of drug-likeness (QED) is 0.538. The summed E-state index contributed by atoms with van der Waals surface area (Å²) in [5.41, 5.74) is 2.91. The molecule has 2 N–H and O–H groups in total. The molecule has 6 heteroatoms. The van der Waals surface area contributed by atoms with E-state index in [1.165, 1.54) is 0 Å². The highest BCUT2D eigenvalue weighted by Gasteiger charge is 2.19. The van der Waals surface area contributed by atoms with Crippen LogP contribution in [-0.2, 0) is 0 Å². The number of hydrogen-bond acceptors (Lipinski definition) is 1. The van der Waals surface area contributed by atoms with E-state index >= 15 is 0 Å². The van der Waals surface area contributed by atoms with Crippen LogP contribution in [0.1, 0.15) is 17.2 Å². The summed E-state index contributed by atoms with van der Waals surface area (Å²) in [6, 6.07) is 10.3. The Balaban J connectivity index is 2.04. The molecule has 2 nitrogen and oxygen atoms in total. The molecule has 0 amide bonds. The maximum Gasteiger partial charge on any atom is 0.106 e. The van der Waals surface area contributed by atoms with Gasteiger partial charge in [-0.1, -0.05) is 58.5 Å². The molecule has 0 aliphatic heterocycles. The molecule has 3 aromatic rings. The summed E-state index contributed by atoms with van der Waals surface area (Å²) in [7, 11) is 0. The van der Waals surface area contributed by atoms with Gasteiger partial charge in [-0.2, -0.15) is 0 Å². The van der Waals surface area contributed by atoms with Gasteiger partial charge in [0.1, 0.15) is 6.10 Å². The first-order chi connectivity index (χ1) is 11.0. The molecule has 1 heterocycles. The van der Waals surface area contributed by atoms with Crippen LogP contribution in [0.3, 0.4) is 0 Å². The van der Waals surface area contributed by atoms with Gasteiger partial charge < -0.3 is 10.1 Å². The SMILES string of the molecule is O[C@H](c1ccc(Cl)c(Cl)c1)c1c[nH]cc1-c1ccc(Cl)cc1Cl. The summed E-state index contributed by atoms with van der Waals surface area (Å²) in [4.78, 5) is 3.00. The van der Waals surface area contributed by atoms with Crippen LogP contribution in [0.4, 0.5) is 0 Å². The molecule has 0 fully saturated rings. The van der Waals surface area contributed by atoms with Crippen LogP contribution in [0.2, 0.25) is 20.1 Å². The molecule has 23 heavy (non-hydrogen) atoms. The van der Waals surface area contributed by atoms with Crippen molar-refractivity contribution in [3.8, 4) is 11.1 Å². The van der Waals surface area contributed by atoms with Crippen molar-refractivity contribution in [2.24, 2.45) is 0 Å². The molecule has 1 aromatic heterocycles. The lowest BCUT2D eigenvalue weighted by Crippen LogP contribution is -2.00. The minimum absolute atomic E-state index is 0.393. The number of rotatable bonds is 3. The Morgan fingerprint density at radius 2 is 1.57 bits per heavy atom. The summed E-state index contributed by atoms with van der Waals surface area (Å²) < 4.78 is 0. The number of benzene rings is 2. The summed E-state index contributed by atoms with van der Waals surface area (Å²) in [5, 5.41) is 12.6. The largest absolute Gasteiger partial charge is 0.384 e. The zero-order valence-electron chi connectivity index (χ0n) is 11.7. The van der Waals surface area contributed by atoms with Gasteiger partial charge in [-0.15, -0.1) is 0 Å². The van der Waals surface area contributed by atoms with Crippen LogP contribution in [0.5, 0.6) is 0 Å². The molecule has 0 bridgehead atoms. The van der Waals surface area contributed by atoms with Gasteiger partial charge in [-0.3, -0.25) is 0 Å². The molecule has 1 atom stereocenters. The van der Waals surface area contributed by atoms with E-state index in [9.17, 15) is 5.11 Å². The zero-order chi connectivity index (χ0) is 16.6. The highest BCUT2D eigenvalue weighted by molar-refractivity contribution is 6.42. The molecular weight excluding hydrogens is 376 g/mol. The Morgan fingerprint density at radius 1 is 0.783 bits per heavy atom. The summed E-state index contributed by atoms with van der Waals surface area (Å²) in [6.07, 6.45) is 2.65. The van der Waals surface area contributed by atoms with E-state index in [4.69, 9.17) is 46.4 Å². The molecule has 0 saturated heterocycles. The third-order valence-electron chi connectivity index (χ3n) is 3.55. The number of halogens is 4. The third kappa shape index (κ3) is 3.37. The van der Waals surface area contributed by atoms with Crippen molar-refractivity contribution in [2.75, 3.05) is 0 Å². The molecule has 0 saturated carbocycles. The number of H-pyrrole nitrogens is 1. The summed E-state index contributed by atoms with van der Waals surface area (Å²) in [6.45, 7) is 0. The predicted molar refractivity (Wildman–Crippen MR) is 96.8 cm³/mol. The Bertz CT molecular complexity index is 860. The molecule has 0 unspecified atom stereocenters. The molecule has 0 aliphatic carbocycles. The lowest BCUT2D eigenvalue weighted by Gasteiger charge is -2.14. The van der Waals surface area contributed by atoms with Crippen LogP contribution >= 0.6 is 46.4 Å². The third-order valence-corrected chi connectivity index (χ3v) is 4.84. The Morgan fingerprint density at radius 3 is 2.26 bits per heavy atom.